The minimum Gasteiger partial charge on any atom is -0.356 e. The molecule has 2 rings (SSSR count). The van der Waals surface area contributed by atoms with Crippen LogP contribution in [0.5, 0.6) is 0 Å². The molecule has 0 spiro atoms. The molecule has 1 fully saturated rings. The first-order valence-corrected chi connectivity index (χ1v) is 6.81. The highest BCUT2D eigenvalue weighted by atomic mass is 79.9. The molecule has 0 aliphatic carbocycles. The molecule has 0 saturated carbocycles. The maximum absolute atomic E-state index is 13.2. The highest BCUT2D eigenvalue weighted by Gasteiger charge is 2.58. The van der Waals surface area contributed by atoms with Crippen LogP contribution in [-0.4, -0.2) is 40.4 Å². The van der Waals surface area contributed by atoms with Crippen LogP contribution in [0.15, 0.2) is 17.0 Å². The molecule has 1 aromatic heterocycles. The predicted octanol–water partition coefficient (Wildman–Crippen LogP) is 3.18. The van der Waals surface area contributed by atoms with E-state index in [1.807, 2.05) is 0 Å². The van der Waals surface area contributed by atoms with Crippen molar-refractivity contribution in [2.45, 2.75) is 38.1 Å². The van der Waals surface area contributed by atoms with Crippen molar-refractivity contribution in [3.63, 3.8) is 0 Å². The van der Waals surface area contributed by atoms with Gasteiger partial charge in [0.15, 0.2) is 5.60 Å². The summed E-state index contributed by atoms with van der Waals surface area (Å²) in [7, 11) is 0. The predicted molar refractivity (Wildman–Crippen MR) is 71.6 cm³/mol. The summed E-state index contributed by atoms with van der Waals surface area (Å²) in [6, 6.07) is 1.60. The maximum atomic E-state index is 13.2. The quantitative estimate of drug-likeness (QED) is 0.727. The molecule has 0 N–H and O–H groups in total. The Morgan fingerprint density at radius 2 is 1.90 bits per heavy atom. The van der Waals surface area contributed by atoms with Crippen molar-refractivity contribution < 1.29 is 17.9 Å². The fourth-order valence-electron chi connectivity index (χ4n) is 2.36. The van der Waals surface area contributed by atoms with E-state index in [0.717, 1.165) is 6.92 Å². The number of nitrogens with zero attached hydrogens (tertiary/aromatic N) is 3. The third-order valence-electron chi connectivity index (χ3n) is 3.11. The van der Waals surface area contributed by atoms with Crippen LogP contribution in [0, 0.1) is 0 Å². The van der Waals surface area contributed by atoms with Gasteiger partial charge in [-0.25, -0.2) is 9.97 Å². The molecule has 1 atom stereocenters. The Bertz CT molecular complexity index is 509. The average molecular weight is 354 g/mol. The molecule has 0 aromatic carbocycles. The minimum atomic E-state index is -4.45. The molecule has 1 unspecified atom stereocenters. The molecule has 1 aliphatic heterocycles. The van der Waals surface area contributed by atoms with Crippen LogP contribution in [0.25, 0.3) is 0 Å². The Morgan fingerprint density at radius 1 is 1.25 bits per heavy atom. The lowest BCUT2D eigenvalue weighted by Gasteiger charge is -2.49. The lowest BCUT2D eigenvalue weighted by atomic mass is 9.96. The van der Waals surface area contributed by atoms with Gasteiger partial charge in [0.25, 0.3) is 0 Å². The van der Waals surface area contributed by atoms with Gasteiger partial charge in [0.05, 0.1) is 12.1 Å². The second kappa shape index (κ2) is 4.84. The van der Waals surface area contributed by atoms with E-state index in [-0.39, 0.29) is 6.54 Å². The van der Waals surface area contributed by atoms with Gasteiger partial charge in [0.1, 0.15) is 16.7 Å². The maximum Gasteiger partial charge on any atom is 0.418 e. The molecule has 0 bridgehead atoms. The van der Waals surface area contributed by atoms with E-state index in [1.54, 1.807) is 24.8 Å². The highest BCUT2D eigenvalue weighted by molar-refractivity contribution is 9.10. The van der Waals surface area contributed by atoms with Gasteiger partial charge in [0, 0.05) is 12.6 Å². The molecule has 4 nitrogen and oxygen atoms in total. The van der Waals surface area contributed by atoms with Gasteiger partial charge >= 0.3 is 6.18 Å². The van der Waals surface area contributed by atoms with E-state index in [1.165, 1.54) is 6.33 Å². The van der Waals surface area contributed by atoms with Gasteiger partial charge in [-0.3, -0.25) is 0 Å². The first-order chi connectivity index (χ1) is 9.02. The zero-order valence-electron chi connectivity index (χ0n) is 11.3. The van der Waals surface area contributed by atoms with Gasteiger partial charge in [-0.2, -0.15) is 13.2 Å². The van der Waals surface area contributed by atoms with Crippen LogP contribution in [0.1, 0.15) is 20.8 Å². The molecule has 1 aliphatic rings. The van der Waals surface area contributed by atoms with Crippen LogP contribution in [-0.2, 0) is 4.74 Å². The normalized spacial score (nSPS) is 26.6. The van der Waals surface area contributed by atoms with Gasteiger partial charge < -0.3 is 9.64 Å². The zero-order chi connectivity index (χ0) is 15.2. The SMILES string of the molecule is CC1(C)CN(c2cc(Br)ncn2)CC(C)(C(F)(F)F)O1. The first-order valence-electron chi connectivity index (χ1n) is 6.02. The first kappa shape index (κ1) is 15.5. The van der Waals surface area contributed by atoms with Crippen molar-refractivity contribution in [2.24, 2.45) is 0 Å². The number of alkyl halides is 3. The van der Waals surface area contributed by atoms with Crippen molar-refractivity contribution >= 4 is 21.7 Å². The van der Waals surface area contributed by atoms with Gasteiger partial charge in [-0.1, -0.05) is 0 Å². The molecule has 1 aromatic rings. The van der Waals surface area contributed by atoms with Crippen LogP contribution in [0.4, 0.5) is 19.0 Å². The number of hydrogen-bond acceptors (Lipinski definition) is 4. The lowest BCUT2D eigenvalue weighted by molar-refractivity contribution is -0.302. The third-order valence-corrected chi connectivity index (χ3v) is 3.54. The van der Waals surface area contributed by atoms with E-state index in [4.69, 9.17) is 4.74 Å². The Labute approximate surface area is 123 Å². The van der Waals surface area contributed by atoms with Crippen molar-refractivity contribution in [3.05, 3.63) is 17.0 Å². The number of aromatic nitrogens is 2. The summed E-state index contributed by atoms with van der Waals surface area (Å²) in [4.78, 5) is 9.49. The monoisotopic (exact) mass is 353 g/mol. The number of anilines is 1. The van der Waals surface area contributed by atoms with Crippen LogP contribution >= 0.6 is 15.9 Å². The lowest BCUT2D eigenvalue weighted by Crippen LogP contribution is -2.64. The third kappa shape index (κ3) is 3.06. The fourth-order valence-corrected chi connectivity index (χ4v) is 2.66. The van der Waals surface area contributed by atoms with E-state index >= 15 is 0 Å². The van der Waals surface area contributed by atoms with E-state index < -0.39 is 17.4 Å². The van der Waals surface area contributed by atoms with Crippen molar-refractivity contribution in [3.8, 4) is 0 Å². The summed E-state index contributed by atoms with van der Waals surface area (Å²) >= 11 is 3.19. The summed E-state index contributed by atoms with van der Waals surface area (Å²) in [5.74, 6) is 0.443. The topological polar surface area (TPSA) is 38.2 Å². The molecule has 20 heavy (non-hydrogen) atoms. The van der Waals surface area contributed by atoms with E-state index in [9.17, 15) is 13.2 Å². The molecule has 8 heteroatoms. The molecule has 0 amide bonds. The molecule has 2 heterocycles. The standard InChI is InChI=1S/C12H15BrF3N3O/c1-10(2)5-19(9-4-8(13)17-7-18-9)6-11(3,20-10)12(14,15)16/h4,7H,5-6H2,1-3H3. The van der Waals surface area contributed by atoms with Gasteiger partial charge in [-0.15, -0.1) is 0 Å². The number of morpholine rings is 1. The smallest absolute Gasteiger partial charge is 0.356 e. The Morgan fingerprint density at radius 3 is 2.45 bits per heavy atom. The molecule has 0 radical (unpaired) electrons. The van der Waals surface area contributed by atoms with E-state index in [0.29, 0.717) is 17.0 Å². The summed E-state index contributed by atoms with van der Waals surface area (Å²) in [6.07, 6.45) is -3.14. The second-order valence-electron chi connectivity index (χ2n) is 5.65. The Hall–Kier alpha value is -0.890. The van der Waals surface area contributed by atoms with Gasteiger partial charge in [0.2, 0.25) is 0 Å². The highest BCUT2D eigenvalue weighted by Crippen LogP contribution is 2.41. The minimum absolute atomic E-state index is 0.302. The van der Waals surface area contributed by atoms with Crippen LogP contribution in [0.2, 0.25) is 0 Å². The molecular weight excluding hydrogens is 339 g/mol. The van der Waals surface area contributed by atoms with Crippen LogP contribution in [0.3, 0.4) is 0 Å². The van der Waals surface area contributed by atoms with Crippen molar-refractivity contribution in [1.29, 1.82) is 0 Å². The van der Waals surface area contributed by atoms with Crippen molar-refractivity contribution in [1.82, 2.24) is 9.97 Å². The Balaban J connectivity index is 2.36. The summed E-state index contributed by atoms with van der Waals surface area (Å²) < 4.78 is 45.5. The van der Waals surface area contributed by atoms with Crippen LogP contribution < -0.4 is 4.90 Å². The van der Waals surface area contributed by atoms with Crippen molar-refractivity contribution in [2.75, 3.05) is 18.0 Å². The number of hydrogen-bond donors (Lipinski definition) is 0. The van der Waals surface area contributed by atoms with E-state index in [2.05, 4.69) is 25.9 Å². The summed E-state index contributed by atoms with van der Waals surface area (Å²) in [5, 5.41) is 0. The summed E-state index contributed by atoms with van der Waals surface area (Å²) in [6.45, 7) is 4.36. The average Bonchev–Trinajstić information content (AvgIpc) is 2.24. The Kier molecular flexibility index (Phi) is 3.75. The number of halogens is 4. The molecule has 112 valence electrons. The second-order valence-corrected chi connectivity index (χ2v) is 6.46. The number of rotatable bonds is 1. The number of ether oxygens (including phenoxy) is 1. The largest absolute Gasteiger partial charge is 0.418 e. The summed E-state index contributed by atoms with van der Waals surface area (Å²) in [5.41, 5.74) is -3.16. The zero-order valence-corrected chi connectivity index (χ0v) is 12.9. The molecular formula is C12H15BrF3N3O. The van der Waals surface area contributed by atoms with Gasteiger partial charge in [-0.05, 0) is 36.7 Å². The molecule has 1 saturated heterocycles. The fraction of sp³-hybridized carbons (Fsp3) is 0.667.